The topological polar surface area (TPSA) is 32.3 Å². The molecule has 2 aliphatic rings. The quantitative estimate of drug-likeness (QED) is 0.931. The summed E-state index contributed by atoms with van der Waals surface area (Å²) in [7, 11) is 0. The zero-order chi connectivity index (χ0) is 14.7. The second-order valence-electron chi connectivity index (χ2n) is 6.40. The molecule has 0 aliphatic carbocycles. The van der Waals surface area contributed by atoms with Crippen molar-refractivity contribution in [2.45, 2.75) is 32.1 Å². The van der Waals surface area contributed by atoms with E-state index in [0.29, 0.717) is 11.8 Å². The highest BCUT2D eigenvalue weighted by atomic mass is 35.5. The van der Waals surface area contributed by atoms with Gasteiger partial charge in [0.1, 0.15) is 0 Å². The summed E-state index contributed by atoms with van der Waals surface area (Å²) < 4.78 is 0. The third-order valence-corrected chi connectivity index (χ3v) is 5.44. The van der Waals surface area contributed by atoms with Crippen molar-refractivity contribution >= 4 is 17.5 Å². The van der Waals surface area contributed by atoms with Crippen molar-refractivity contribution in [2.24, 2.45) is 5.41 Å². The van der Waals surface area contributed by atoms with Gasteiger partial charge in [-0.25, -0.2) is 0 Å². The molecule has 0 radical (unpaired) electrons. The van der Waals surface area contributed by atoms with Crippen molar-refractivity contribution in [3.63, 3.8) is 0 Å². The lowest BCUT2D eigenvalue weighted by Crippen LogP contribution is -2.44. The van der Waals surface area contributed by atoms with E-state index in [-0.39, 0.29) is 5.91 Å². The maximum atomic E-state index is 12.4. The molecule has 2 fully saturated rings. The molecule has 4 heteroatoms. The maximum absolute atomic E-state index is 12.4. The standard InChI is InChI=1S/C17H23ClN2O/c18-15-4-2-1-3-14(15)5-6-16(21)20-11-8-17(9-12-20)7-10-19-13-17/h1-4,19H,5-13H2. The molecule has 0 bridgehead atoms. The first-order chi connectivity index (χ1) is 10.2. The van der Waals surface area contributed by atoms with Crippen LogP contribution in [-0.4, -0.2) is 37.0 Å². The minimum atomic E-state index is 0.274. The number of piperidine rings is 1. The van der Waals surface area contributed by atoms with Crippen LogP contribution in [-0.2, 0) is 11.2 Å². The van der Waals surface area contributed by atoms with Gasteiger partial charge >= 0.3 is 0 Å². The molecule has 1 aromatic carbocycles. The van der Waals surface area contributed by atoms with Crippen LogP contribution >= 0.6 is 11.6 Å². The molecule has 0 atom stereocenters. The number of carbonyl (C=O) groups excluding carboxylic acids is 1. The molecular formula is C17H23ClN2O. The van der Waals surface area contributed by atoms with E-state index < -0.39 is 0 Å². The number of carbonyl (C=O) groups is 1. The maximum Gasteiger partial charge on any atom is 0.222 e. The molecule has 114 valence electrons. The Kier molecular flexibility index (Phi) is 4.51. The first-order valence-corrected chi connectivity index (χ1v) is 8.28. The van der Waals surface area contributed by atoms with E-state index >= 15 is 0 Å². The van der Waals surface area contributed by atoms with E-state index in [0.717, 1.165) is 56.0 Å². The van der Waals surface area contributed by atoms with Crippen LogP contribution in [0.5, 0.6) is 0 Å². The number of hydrogen-bond donors (Lipinski definition) is 1. The Balaban J connectivity index is 1.49. The van der Waals surface area contributed by atoms with Gasteiger partial charge in [-0.15, -0.1) is 0 Å². The molecule has 0 unspecified atom stereocenters. The smallest absolute Gasteiger partial charge is 0.222 e. The summed E-state index contributed by atoms with van der Waals surface area (Å²) in [6, 6.07) is 7.79. The van der Waals surface area contributed by atoms with E-state index in [2.05, 4.69) is 5.32 Å². The Morgan fingerprint density at radius 2 is 2.00 bits per heavy atom. The van der Waals surface area contributed by atoms with Gasteiger partial charge in [0.25, 0.3) is 0 Å². The fourth-order valence-electron chi connectivity index (χ4n) is 3.55. The van der Waals surface area contributed by atoms with Crippen molar-refractivity contribution in [1.29, 1.82) is 0 Å². The largest absolute Gasteiger partial charge is 0.343 e. The molecular weight excluding hydrogens is 284 g/mol. The molecule has 2 heterocycles. The highest BCUT2D eigenvalue weighted by Crippen LogP contribution is 2.37. The average molecular weight is 307 g/mol. The summed E-state index contributed by atoms with van der Waals surface area (Å²) >= 11 is 6.14. The van der Waals surface area contributed by atoms with Gasteiger partial charge in [0.2, 0.25) is 5.91 Å². The summed E-state index contributed by atoms with van der Waals surface area (Å²) in [5.41, 5.74) is 1.54. The van der Waals surface area contributed by atoms with E-state index in [9.17, 15) is 4.79 Å². The third kappa shape index (κ3) is 3.41. The normalized spacial score (nSPS) is 20.9. The predicted molar refractivity (Wildman–Crippen MR) is 85.5 cm³/mol. The Hall–Kier alpha value is -1.06. The fraction of sp³-hybridized carbons (Fsp3) is 0.588. The van der Waals surface area contributed by atoms with Gasteiger partial charge in [-0.2, -0.15) is 0 Å². The van der Waals surface area contributed by atoms with Crippen LogP contribution in [0.4, 0.5) is 0 Å². The molecule has 0 aromatic heterocycles. The molecule has 2 aliphatic heterocycles. The number of aryl methyl sites for hydroxylation is 1. The van der Waals surface area contributed by atoms with Crippen LogP contribution in [0.2, 0.25) is 5.02 Å². The Bertz CT molecular complexity index is 501. The average Bonchev–Trinajstić information content (AvgIpc) is 2.95. The molecule has 1 N–H and O–H groups in total. The van der Waals surface area contributed by atoms with Crippen LogP contribution in [0.25, 0.3) is 0 Å². The van der Waals surface area contributed by atoms with Gasteiger partial charge in [0, 0.05) is 31.1 Å². The molecule has 1 aromatic rings. The number of nitrogens with zero attached hydrogens (tertiary/aromatic N) is 1. The van der Waals surface area contributed by atoms with Crippen molar-refractivity contribution in [1.82, 2.24) is 10.2 Å². The number of amides is 1. The first kappa shape index (κ1) is 14.9. The lowest BCUT2D eigenvalue weighted by Gasteiger charge is -2.39. The molecule has 21 heavy (non-hydrogen) atoms. The fourth-order valence-corrected chi connectivity index (χ4v) is 3.78. The van der Waals surface area contributed by atoms with Crippen molar-refractivity contribution in [3.05, 3.63) is 34.9 Å². The lowest BCUT2D eigenvalue weighted by molar-refractivity contribution is -0.133. The lowest BCUT2D eigenvalue weighted by atomic mass is 9.78. The van der Waals surface area contributed by atoms with E-state index in [1.807, 2.05) is 29.2 Å². The molecule has 2 saturated heterocycles. The van der Waals surface area contributed by atoms with E-state index in [4.69, 9.17) is 11.6 Å². The second kappa shape index (κ2) is 6.37. The van der Waals surface area contributed by atoms with Crippen molar-refractivity contribution in [3.8, 4) is 0 Å². The third-order valence-electron chi connectivity index (χ3n) is 5.07. The number of rotatable bonds is 3. The molecule has 1 amide bonds. The van der Waals surface area contributed by atoms with Gasteiger partial charge in [-0.05, 0) is 49.3 Å². The van der Waals surface area contributed by atoms with E-state index in [1.54, 1.807) is 0 Å². The monoisotopic (exact) mass is 306 g/mol. The predicted octanol–water partition coefficient (Wildman–Crippen LogP) is 2.87. The Labute approximate surface area is 131 Å². The summed E-state index contributed by atoms with van der Waals surface area (Å²) in [4.78, 5) is 14.4. The zero-order valence-corrected chi connectivity index (χ0v) is 13.2. The van der Waals surface area contributed by atoms with Gasteiger partial charge < -0.3 is 10.2 Å². The SMILES string of the molecule is O=C(CCc1ccccc1Cl)N1CCC2(CCNC2)CC1. The minimum Gasteiger partial charge on any atom is -0.343 e. The van der Waals surface area contributed by atoms with Crippen molar-refractivity contribution < 1.29 is 4.79 Å². The van der Waals surface area contributed by atoms with Crippen molar-refractivity contribution in [2.75, 3.05) is 26.2 Å². The number of benzene rings is 1. The summed E-state index contributed by atoms with van der Waals surface area (Å²) in [6.07, 6.45) is 4.88. The number of likely N-dealkylation sites (tertiary alicyclic amines) is 1. The molecule has 3 nitrogen and oxygen atoms in total. The summed E-state index contributed by atoms with van der Waals surface area (Å²) in [5.74, 6) is 0.274. The Morgan fingerprint density at radius 3 is 2.67 bits per heavy atom. The van der Waals surface area contributed by atoms with Gasteiger partial charge in [0.15, 0.2) is 0 Å². The van der Waals surface area contributed by atoms with Crippen LogP contribution in [0.3, 0.4) is 0 Å². The summed E-state index contributed by atoms with van der Waals surface area (Å²) in [6.45, 7) is 4.11. The van der Waals surface area contributed by atoms with Crippen LogP contribution < -0.4 is 5.32 Å². The molecule has 0 saturated carbocycles. The number of halogens is 1. The van der Waals surface area contributed by atoms with Gasteiger partial charge in [0.05, 0.1) is 0 Å². The van der Waals surface area contributed by atoms with Crippen LogP contribution in [0, 0.1) is 5.41 Å². The van der Waals surface area contributed by atoms with Gasteiger partial charge in [-0.1, -0.05) is 29.8 Å². The zero-order valence-electron chi connectivity index (χ0n) is 12.4. The Morgan fingerprint density at radius 1 is 1.24 bits per heavy atom. The van der Waals surface area contributed by atoms with Gasteiger partial charge in [-0.3, -0.25) is 4.79 Å². The second-order valence-corrected chi connectivity index (χ2v) is 6.81. The number of nitrogens with one attached hydrogen (secondary N) is 1. The molecule has 1 spiro atoms. The highest BCUT2D eigenvalue weighted by molar-refractivity contribution is 6.31. The van der Waals surface area contributed by atoms with E-state index in [1.165, 1.54) is 6.42 Å². The summed E-state index contributed by atoms with van der Waals surface area (Å²) in [5, 5.41) is 4.23. The van der Waals surface area contributed by atoms with Crippen LogP contribution in [0.1, 0.15) is 31.2 Å². The van der Waals surface area contributed by atoms with Crippen LogP contribution in [0.15, 0.2) is 24.3 Å². The molecule has 3 rings (SSSR count). The highest BCUT2D eigenvalue weighted by Gasteiger charge is 2.37. The first-order valence-electron chi connectivity index (χ1n) is 7.90. The number of hydrogen-bond acceptors (Lipinski definition) is 2. The minimum absolute atomic E-state index is 0.274.